The molecule has 0 spiro atoms. The Balaban J connectivity index is 2.56. The molecule has 1 aliphatic rings. The van der Waals surface area contributed by atoms with Crippen LogP contribution in [0.1, 0.15) is 0 Å². The smallest absolute Gasteiger partial charge is 0.238 e. The number of hydrogen-bond donors (Lipinski definition) is 1. The van der Waals surface area contributed by atoms with Crippen LogP contribution in [0.3, 0.4) is 0 Å². The molecule has 0 atom stereocenters. The molecular formula is C8H8N2O3S. The SMILES string of the molecule is NS(=O)(=O)c1ccc2c(c1)N=CCO2. The Morgan fingerprint density at radius 3 is 2.93 bits per heavy atom. The van der Waals surface area contributed by atoms with E-state index >= 15 is 0 Å². The number of fused-ring (bicyclic) bond motifs is 1. The van der Waals surface area contributed by atoms with Gasteiger partial charge in [-0.15, -0.1) is 0 Å². The number of sulfonamides is 1. The fourth-order valence-electron chi connectivity index (χ4n) is 1.16. The number of ether oxygens (including phenoxy) is 1. The molecule has 2 rings (SSSR count). The van der Waals surface area contributed by atoms with Crippen molar-refractivity contribution in [2.24, 2.45) is 10.1 Å². The van der Waals surface area contributed by atoms with E-state index in [1.807, 2.05) is 0 Å². The zero-order valence-electron chi connectivity index (χ0n) is 7.17. The van der Waals surface area contributed by atoms with E-state index in [1.165, 1.54) is 12.1 Å². The number of aliphatic imine (C=N–C) groups is 1. The number of primary sulfonamides is 1. The fraction of sp³-hybridized carbons (Fsp3) is 0.125. The van der Waals surface area contributed by atoms with Gasteiger partial charge in [-0.3, -0.25) is 4.99 Å². The summed E-state index contributed by atoms with van der Waals surface area (Å²) in [6, 6.07) is 4.33. The third kappa shape index (κ3) is 1.61. The van der Waals surface area contributed by atoms with E-state index in [4.69, 9.17) is 9.88 Å². The third-order valence-electron chi connectivity index (χ3n) is 1.80. The molecule has 0 unspecified atom stereocenters. The van der Waals surface area contributed by atoms with Crippen LogP contribution in [0.4, 0.5) is 5.69 Å². The molecule has 0 saturated heterocycles. The predicted octanol–water partition coefficient (Wildman–Crippen LogP) is 0.429. The van der Waals surface area contributed by atoms with Crippen molar-refractivity contribution in [2.75, 3.05) is 6.61 Å². The lowest BCUT2D eigenvalue weighted by Gasteiger charge is -2.11. The summed E-state index contributed by atoms with van der Waals surface area (Å²) in [6.07, 6.45) is 1.56. The molecule has 0 radical (unpaired) electrons. The van der Waals surface area contributed by atoms with Crippen molar-refractivity contribution in [1.82, 2.24) is 0 Å². The Morgan fingerprint density at radius 2 is 2.21 bits per heavy atom. The van der Waals surface area contributed by atoms with Gasteiger partial charge in [-0.25, -0.2) is 13.6 Å². The van der Waals surface area contributed by atoms with E-state index in [1.54, 1.807) is 12.3 Å². The van der Waals surface area contributed by atoms with E-state index in [0.29, 0.717) is 18.0 Å². The van der Waals surface area contributed by atoms with Crippen molar-refractivity contribution in [2.45, 2.75) is 4.90 Å². The second kappa shape index (κ2) is 3.07. The Hall–Kier alpha value is -1.40. The van der Waals surface area contributed by atoms with Crippen molar-refractivity contribution in [3.05, 3.63) is 18.2 Å². The van der Waals surface area contributed by atoms with Crippen molar-refractivity contribution in [1.29, 1.82) is 0 Å². The number of nitrogens with zero attached hydrogens (tertiary/aromatic N) is 1. The molecule has 1 aromatic rings. The van der Waals surface area contributed by atoms with E-state index in [0.717, 1.165) is 0 Å². The van der Waals surface area contributed by atoms with Crippen LogP contribution in [-0.4, -0.2) is 21.2 Å². The molecule has 5 nitrogen and oxygen atoms in total. The molecular weight excluding hydrogens is 204 g/mol. The standard InChI is InChI=1S/C8H8N2O3S/c9-14(11,12)6-1-2-8-7(5-6)10-3-4-13-8/h1-3,5H,4H2,(H2,9,11,12). The molecule has 1 aromatic carbocycles. The summed E-state index contributed by atoms with van der Waals surface area (Å²) in [4.78, 5) is 4.04. The summed E-state index contributed by atoms with van der Waals surface area (Å²) in [5.41, 5.74) is 0.489. The van der Waals surface area contributed by atoms with Gasteiger partial charge >= 0.3 is 0 Å². The van der Waals surface area contributed by atoms with Gasteiger partial charge < -0.3 is 4.74 Å². The van der Waals surface area contributed by atoms with Crippen molar-refractivity contribution < 1.29 is 13.2 Å². The monoisotopic (exact) mass is 212 g/mol. The van der Waals surface area contributed by atoms with Crippen LogP contribution in [0.2, 0.25) is 0 Å². The molecule has 14 heavy (non-hydrogen) atoms. The summed E-state index contributed by atoms with van der Waals surface area (Å²) in [5, 5.41) is 4.97. The van der Waals surface area contributed by atoms with Crippen LogP contribution in [-0.2, 0) is 10.0 Å². The number of nitrogens with two attached hydrogens (primary N) is 1. The molecule has 0 saturated carbocycles. The average Bonchev–Trinajstić information content (AvgIpc) is 2.16. The van der Waals surface area contributed by atoms with Gasteiger partial charge in [-0.1, -0.05) is 0 Å². The first-order valence-corrected chi connectivity index (χ1v) is 5.44. The highest BCUT2D eigenvalue weighted by molar-refractivity contribution is 7.89. The van der Waals surface area contributed by atoms with Gasteiger partial charge in [0.05, 0.1) is 4.90 Å². The molecule has 1 heterocycles. The van der Waals surface area contributed by atoms with Gasteiger partial charge in [0.15, 0.2) is 0 Å². The van der Waals surface area contributed by atoms with Crippen LogP contribution >= 0.6 is 0 Å². The Morgan fingerprint density at radius 1 is 1.43 bits per heavy atom. The topological polar surface area (TPSA) is 81.8 Å². The molecule has 0 amide bonds. The second-order valence-electron chi connectivity index (χ2n) is 2.80. The van der Waals surface area contributed by atoms with Gasteiger partial charge in [0.1, 0.15) is 18.0 Å². The Kier molecular flexibility index (Phi) is 2.01. The van der Waals surface area contributed by atoms with Gasteiger partial charge in [0.2, 0.25) is 10.0 Å². The molecule has 6 heteroatoms. The molecule has 0 aliphatic carbocycles. The second-order valence-corrected chi connectivity index (χ2v) is 4.36. The zero-order chi connectivity index (χ0) is 10.2. The molecule has 0 fully saturated rings. The zero-order valence-corrected chi connectivity index (χ0v) is 7.99. The lowest BCUT2D eigenvalue weighted by Crippen LogP contribution is -2.12. The van der Waals surface area contributed by atoms with Crippen LogP contribution < -0.4 is 9.88 Å². The first-order chi connectivity index (χ1) is 6.57. The minimum absolute atomic E-state index is 0.0406. The highest BCUT2D eigenvalue weighted by Crippen LogP contribution is 2.31. The lowest BCUT2D eigenvalue weighted by atomic mass is 10.3. The maximum absolute atomic E-state index is 11.0. The van der Waals surface area contributed by atoms with E-state index in [2.05, 4.69) is 4.99 Å². The van der Waals surface area contributed by atoms with E-state index in [9.17, 15) is 8.42 Å². The highest BCUT2D eigenvalue weighted by Gasteiger charge is 2.13. The summed E-state index contributed by atoms with van der Waals surface area (Å²) < 4.78 is 27.2. The van der Waals surface area contributed by atoms with Crippen LogP contribution in [0.5, 0.6) is 5.75 Å². The summed E-state index contributed by atoms with van der Waals surface area (Å²) in [6.45, 7) is 0.404. The van der Waals surface area contributed by atoms with E-state index < -0.39 is 10.0 Å². The first kappa shape index (κ1) is 9.17. The summed E-state index contributed by atoms with van der Waals surface area (Å²) in [7, 11) is -3.67. The average molecular weight is 212 g/mol. The van der Waals surface area contributed by atoms with E-state index in [-0.39, 0.29) is 4.90 Å². The normalized spacial score (nSPS) is 14.6. The summed E-state index contributed by atoms with van der Waals surface area (Å²) >= 11 is 0. The van der Waals surface area contributed by atoms with Gasteiger partial charge in [-0.05, 0) is 18.2 Å². The molecule has 74 valence electrons. The minimum Gasteiger partial charge on any atom is -0.486 e. The van der Waals surface area contributed by atoms with Gasteiger partial charge in [0.25, 0.3) is 0 Å². The lowest BCUT2D eigenvalue weighted by molar-refractivity contribution is 0.376. The molecule has 1 aliphatic heterocycles. The minimum atomic E-state index is -3.67. The fourth-order valence-corrected chi connectivity index (χ4v) is 1.69. The van der Waals surface area contributed by atoms with Crippen LogP contribution in [0.15, 0.2) is 28.1 Å². The largest absolute Gasteiger partial charge is 0.486 e. The number of benzene rings is 1. The Bertz CT molecular complexity index is 493. The Labute approximate surface area is 81.3 Å². The number of hydrogen-bond acceptors (Lipinski definition) is 4. The quantitative estimate of drug-likeness (QED) is 0.732. The third-order valence-corrected chi connectivity index (χ3v) is 2.71. The summed E-state index contributed by atoms with van der Waals surface area (Å²) in [5.74, 6) is 0.569. The molecule has 0 aromatic heterocycles. The first-order valence-electron chi connectivity index (χ1n) is 3.89. The highest BCUT2D eigenvalue weighted by atomic mass is 32.2. The van der Waals surface area contributed by atoms with Crippen molar-refractivity contribution in [3.8, 4) is 5.75 Å². The predicted molar refractivity (Wildman–Crippen MR) is 51.5 cm³/mol. The van der Waals surface area contributed by atoms with Gasteiger partial charge in [0, 0.05) is 6.21 Å². The molecule has 2 N–H and O–H groups in total. The van der Waals surface area contributed by atoms with Gasteiger partial charge in [-0.2, -0.15) is 0 Å². The van der Waals surface area contributed by atoms with Crippen molar-refractivity contribution >= 4 is 21.9 Å². The maximum Gasteiger partial charge on any atom is 0.238 e. The number of rotatable bonds is 1. The van der Waals surface area contributed by atoms with Crippen molar-refractivity contribution in [3.63, 3.8) is 0 Å². The maximum atomic E-state index is 11.0. The van der Waals surface area contributed by atoms with Crippen LogP contribution in [0, 0.1) is 0 Å². The van der Waals surface area contributed by atoms with Crippen LogP contribution in [0.25, 0.3) is 0 Å². The molecule has 0 bridgehead atoms.